The minimum absolute atomic E-state index is 0.449. The third kappa shape index (κ3) is 3.74. The van der Waals surface area contributed by atoms with Gasteiger partial charge in [0.25, 0.3) is 0 Å². The van der Waals surface area contributed by atoms with Gasteiger partial charge in [-0.3, -0.25) is 9.11 Å². The molecule has 5 nitrogen and oxygen atoms in total. The lowest BCUT2D eigenvalue weighted by Crippen LogP contribution is -2.29. The maximum Gasteiger partial charge on any atom is 0.138 e. The molecule has 0 N–H and O–H groups in total. The first-order chi connectivity index (χ1) is 10.6. The Balaban J connectivity index is 1.84. The zero-order chi connectivity index (χ0) is 15.5. The quantitative estimate of drug-likeness (QED) is 0.860. The van der Waals surface area contributed by atoms with E-state index in [4.69, 9.17) is 11.6 Å². The fraction of sp³-hybridized carbons (Fsp3) is 0.467. The fourth-order valence-corrected chi connectivity index (χ4v) is 4.35. The van der Waals surface area contributed by atoms with Crippen LogP contribution in [-0.4, -0.2) is 48.5 Å². The van der Waals surface area contributed by atoms with Crippen molar-refractivity contribution in [2.24, 2.45) is 5.92 Å². The molecule has 3 rings (SSSR count). The molecule has 2 aromatic rings. The number of aromatic nitrogens is 3. The molecule has 7 heteroatoms. The van der Waals surface area contributed by atoms with Crippen LogP contribution >= 0.6 is 11.6 Å². The number of benzene rings is 1. The predicted molar refractivity (Wildman–Crippen MR) is 88.7 cm³/mol. The summed E-state index contributed by atoms with van der Waals surface area (Å²) in [5.41, 5.74) is 2.10. The Kier molecular flexibility index (Phi) is 4.90. The lowest BCUT2D eigenvalue weighted by atomic mass is 10.1. The van der Waals surface area contributed by atoms with E-state index in [0.29, 0.717) is 10.9 Å². The molecule has 0 spiro atoms. The van der Waals surface area contributed by atoms with Gasteiger partial charge in [0.1, 0.15) is 12.7 Å². The van der Waals surface area contributed by atoms with E-state index in [-0.39, 0.29) is 0 Å². The van der Waals surface area contributed by atoms with Gasteiger partial charge in [-0.25, -0.2) is 9.67 Å². The maximum atomic E-state index is 11.8. The van der Waals surface area contributed by atoms with Gasteiger partial charge >= 0.3 is 0 Å². The van der Waals surface area contributed by atoms with E-state index in [2.05, 4.69) is 21.9 Å². The summed E-state index contributed by atoms with van der Waals surface area (Å²) in [7, 11) is -0.695. The number of hydrogen-bond donors (Lipinski definition) is 0. The highest BCUT2D eigenvalue weighted by Crippen LogP contribution is 2.22. The first-order valence-corrected chi connectivity index (χ1v) is 9.19. The monoisotopic (exact) mass is 338 g/mol. The van der Waals surface area contributed by atoms with Crippen molar-refractivity contribution < 1.29 is 4.21 Å². The third-order valence-electron chi connectivity index (χ3n) is 3.78. The van der Waals surface area contributed by atoms with Crippen molar-refractivity contribution in [3.8, 4) is 5.69 Å². The van der Waals surface area contributed by atoms with E-state index in [1.165, 1.54) is 6.33 Å². The van der Waals surface area contributed by atoms with Gasteiger partial charge < -0.3 is 0 Å². The van der Waals surface area contributed by atoms with Crippen molar-refractivity contribution in [1.29, 1.82) is 0 Å². The van der Waals surface area contributed by atoms with Crippen LogP contribution in [0.3, 0.4) is 0 Å². The fourth-order valence-electron chi connectivity index (χ4n) is 2.82. The molecule has 0 bridgehead atoms. The second kappa shape index (κ2) is 6.89. The molecule has 0 aliphatic carbocycles. The molecule has 0 radical (unpaired) electrons. The van der Waals surface area contributed by atoms with Crippen LogP contribution in [0.1, 0.15) is 12.5 Å². The van der Waals surface area contributed by atoms with Crippen LogP contribution in [0.25, 0.3) is 5.69 Å². The van der Waals surface area contributed by atoms with E-state index in [1.54, 1.807) is 11.0 Å². The molecule has 1 aromatic heterocycles. The average molecular weight is 339 g/mol. The summed E-state index contributed by atoms with van der Waals surface area (Å²) in [5.74, 6) is 1.99. The molecule has 118 valence electrons. The Labute approximate surface area is 137 Å². The van der Waals surface area contributed by atoms with Gasteiger partial charge in [0, 0.05) is 47.0 Å². The molecule has 1 fully saturated rings. The number of rotatable bonds is 3. The van der Waals surface area contributed by atoms with Crippen LogP contribution in [0.4, 0.5) is 0 Å². The maximum absolute atomic E-state index is 11.8. The third-order valence-corrected chi connectivity index (χ3v) is 5.60. The van der Waals surface area contributed by atoms with Crippen molar-refractivity contribution in [3.63, 3.8) is 0 Å². The van der Waals surface area contributed by atoms with Crippen molar-refractivity contribution in [3.05, 3.63) is 41.4 Å². The van der Waals surface area contributed by atoms with Gasteiger partial charge in [-0.15, -0.1) is 0 Å². The van der Waals surface area contributed by atoms with Gasteiger partial charge in [-0.05, 0) is 23.6 Å². The SMILES string of the molecule is C[C@H]1CN(Cc2ccc(Cl)cc2-n2cncn2)CC[S@@](=O)C1. The highest BCUT2D eigenvalue weighted by Gasteiger charge is 2.20. The lowest BCUT2D eigenvalue weighted by molar-refractivity contribution is 0.256. The van der Waals surface area contributed by atoms with Crippen molar-refractivity contribution in [2.75, 3.05) is 24.6 Å². The van der Waals surface area contributed by atoms with Gasteiger partial charge in [-0.1, -0.05) is 24.6 Å². The van der Waals surface area contributed by atoms with E-state index in [9.17, 15) is 4.21 Å². The number of nitrogens with zero attached hydrogens (tertiary/aromatic N) is 4. The van der Waals surface area contributed by atoms with Crippen LogP contribution in [-0.2, 0) is 17.3 Å². The Bertz CT molecular complexity index is 662. The summed E-state index contributed by atoms with van der Waals surface area (Å²) in [6.07, 6.45) is 3.19. The smallest absolute Gasteiger partial charge is 0.138 e. The summed E-state index contributed by atoms with van der Waals surface area (Å²) in [6, 6.07) is 5.84. The van der Waals surface area contributed by atoms with Gasteiger partial charge in [0.2, 0.25) is 0 Å². The normalized spacial score (nSPS) is 23.4. The van der Waals surface area contributed by atoms with Crippen molar-refractivity contribution in [2.45, 2.75) is 13.5 Å². The molecule has 1 aliphatic heterocycles. The summed E-state index contributed by atoms with van der Waals surface area (Å²) < 4.78 is 13.6. The van der Waals surface area contributed by atoms with Crippen molar-refractivity contribution >= 4 is 22.4 Å². The van der Waals surface area contributed by atoms with Crippen LogP contribution in [0.15, 0.2) is 30.9 Å². The van der Waals surface area contributed by atoms with Crippen LogP contribution in [0.5, 0.6) is 0 Å². The molecule has 2 heterocycles. The Hall–Kier alpha value is -1.24. The molecule has 0 unspecified atom stereocenters. The minimum atomic E-state index is -0.695. The largest absolute Gasteiger partial charge is 0.298 e. The molecule has 1 aromatic carbocycles. The predicted octanol–water partition coefficient (Wildman–Crippen LogP) is 2.12. The van der Waals surface area contributed by atoms with Crippen LogP contribution in [0, 0.1) is 5.92 Å². The zero-order valence-corrected chi connectivity index (χ0v) is 14.1. The van der Waals surface area contributed by atoms with E-state index < -0.39 is 10.8 Å². The van der Waals surface area contributed by atoms with Crippen molar-refractivity contribution in [1.82, 2.24) is 19.7 Å². The highest BCUT2D eigenvalue weighted by molar-refractivity contribution is 7.85. The van der Waals surface area contributed by atoms with E-state index in [0.717, 1.165) is 42.4 Å². The Morgan fingerprint density at radius 3 is 3.09 bits per heavy atom. The van der Waals surface area contributed by atoms with Gasteiger partial charge in [0.15, 0.2) is 0 Å². The first kappa shape index (κ1) is 15.6. The average Bonchev–Trinajstić information content (AvgIpc) is 2.95. The summed E-state index contributed by atoms with van der Waals surface area (Å²) in [6.45, 7) is 4.78. The topological polar surface area (TPSA) is 51.0 Å². The summed E-state index contributed by atoms with van der Waals surface area (Å²) >= 11 is 6.13. The van der Waals surface area contributed by atoms with Crippen LogP contribution < -0.4 is 0 Å². The summed E-state index contributed by atoms with van der Waals surface area (Å²) in [5, 5.41) is 4.89. The van der Waals surface area contributed by atoms with Crippen LogP contribution in [0.2, 0.25) is 5.02 Å². The number of hydrogen-bond acceptors (Lipinski definition) is 4. The number of halogens is 1. The molecule has 1 aliphatic rings. The second-order valence-electron chi connectivity index (χ2n) is 5.76. The molecular formula is C15H19ClN4OS. The molecule has 22 heavy (non-hydrogen) atoms. The lowest BCUT2D eigenvalue weighted by Gasteiger charge is -2.23. The molecular weight excluding hydrogens is 320 g/mol. The standard InChI is InChI=1S/C15H19ClN4OS/c1-12-7-19(4-5-22(21)9-12)8-13-2-3-14(16)6-15(13)20-11-17-10-18-20/h2-3,6,10-12H,4-5,7-9H2,1H3/t12-,22+/m0/s1. The highest BCUT2D eigenvalue weighted by atomic mass is 35.5. The van der Waals surface area contributed by atoms with E-state index >= 15 is 0 Å². The molecule has 0 saturated carbocycles. The van der Waals surface area contributed by atoms with Gasteiger partial charge in [0.05, 0.1) is 5.69 Å². The molecule has 0 amide bonds. The molecule has 1 saturated heterocycles. The minimum Gasteiger partial charge on any atom is -0.298 e. The van der Waals surface area contributed by atoms with E-state index in [1.807, 2.05) is 18.2 Å². The second-order valence-corrected chi connectivity index (χ2v) is 7.82. The zero-order valence-electron chi connectivity index (χ0n) is 12.5. The molecule has 2 atom stereocenters. The Morgan fingerprint density at radius 1 is 1.45 bits per heavy atom. The van der Waals surface area contributed by atoms with Gasteiger partial charge in [-0.2, -0.15) is 5.10 Å². The Morgan fingerprint density at radius 2 is 2.32 bits per heavy atom. The first-order valence-electron chi connectivity index (χ1n) is 7.32. The summed E-state index contributed by atoms with van der Waals surface area (Å²) in [4.78, 5) is 6.37.